The zero-order chi connectivity index (χ0) is 22.9. The van der Waals surface area contributed by atoms with Crippen molar-refractivity contribution in [3.63, 3.8) is 0 Å². The van der Waals surface area contributed by atoms with Crippen LogP contribution in [0.15, 0.2) is 82.6 Å². The lowest BCUT2D eigenvalue weighted by molar-refractivity contribution is -0.142. The van der Waals surface area contributed by atoms with Crippen molar-refractivity contribution in [3.8, 4) is 0 Å². The summed E-state index contributed by atoms with van der Waals surface area (Å²) >= 11 is 0. The SMILES string of the molecule is COC(=O)[C@H](Cc1ccccc1)NC(=O)c1ccc2c(c1)S(=O)(=O)c1ccccc1C2=O. The topological polar surface area (TPSA) is 107 Å². The van der Waals surface area contributed by atoms with Gasteiger partial charge in [-0.15, -0.1) is 0 Å². The highest BCUT2D eigenvalue weighted by Gasteiger charge is 2.35. The number of rotatable bonds is 5. The molecule has 1 aliphatic heterocycles. The second-order valence-electron chi connectivity index (χ2n) is 7.28. The highest BCUT2D eigenvalue weighted by atomic mass is 32.2. The van der Waals surface area contributed by atoms with Crippen LogP contribution in [0, 0.1) is 0 Å². The Kier molecular flexibility index (Phi) is 5.63. The molecule has 1 amide bonds. The van der Waals surface area contributed by atoms with Crippen LogP contribution in [0.4, 0.5) is 0 Å². The van der Waals surface area contributed by atoms with Crippen LogP contribution in [0.5, 0.6) is 0 Å². The van der Waals surface area contributed by atoms with Gasteiger partial charge in [0.25, 0.3) is 5.91 Å². The van der Waals surface area contributed by atoms with Crippen molar-refractivity contribution in [1.29, 1.82) is 0 Å². The number of sulfone groups is 1. The van der Waals surface area contributed by atoms with Gasteiger partial charge in [-0.25, -0.2) is 13.2 Å². The minimum atomic E-state index is -3.98. The summed E-state index contributed by atoms with van der Waals surface area (Å²) in [7, 11) is -2.76. The van der Waals surface area contributed by atoms with E-state index in [4.69, 9.17) is 4.74 Å². The summed E-state index contributed by atoms with van der Waals surface area (Å²) in [4.78, 5) is 37.6. The average molecular weight is 449 g/mol. The third-order valence-corrected chi connectivity index (χ3v) is 7.12. The first kappa shape index (κ1) is 21.5. The van der Waals surface area contributed by atoms with Crippen molar-refractivity contribution in [3.05, 3.63) is 95.1 Å². The van der Waals surface area contributed by atoms with Crippen molar-refractivity contribution in [2.75, 3.05) is 7.11 Å². The molecule has 3 aromatic rings. The number of amides is 1. The maximum Gasteiger partial charge on any atom is 0.328 e. The standard InChI is InChI=1S/C24H19NO6S/c1-31-24(28)19(13-15-7-3-2-4-8-15)25-23(27)16-11-12-18-21(14-16)32(29,30)20-10-6-5-9-17(20)22(18)26/h2-12,14,19H,13H2,1H3,(H,25,27)/t19-/m0/s1. The van der Waals surface area contributed by atoms with Crippen molar-refractivity contribution in [1.82, 2.24) is 5.32 Å². The molecular weight excluding hydrogens is 430 g/mol. The van der Waals surface area contributed by atoms with Crippen molar-refractivity contribution >= 4 is 27.5 Å². The zero-order valence-corrected chi connectivity index (χ0v) is 17.9. The van der Waals surface area contributed by atoms with Crippen LogP contribution in [0.25, 0.3) is 0 Å². The molecule has 162 valence electrons. The van der Waals surface area contributed by atoms with Crippen LogP contribution in [-0.4, -0.2) is 39.2 Å². The Morgan fingerprint density at radius 1 is 0.906 bits per heavy atom. The number of hydrogen-bond donors (Lipinski definition) is 1. The quantitative estimate of drug-likeness (QED) is 0.470. The molecule has 1 heterocycles. The Hall–Kier alpha value is -3.78. The van der Waals surface area contributed by atoms with Gasteiger partial charge in [-0.1, -0.05) is 42.5 Å². The number of ether oxygens (including phenoxy) is 1. The Labute approximate surface area is 185 Å². The van der Waals surface area contributed by atoms with Gasteiger partial charge < -0.3 is 10.1 Å². The molecule has 0 spiro atoms. The number of ketones is 1. The molecule has 0 saturated heterocycles. The largest absolute Gasteiger partial charge is 0.467 e. The van der Waals surface area contributed by atoms with Crippen molar-refractivity contribution in [2.24, 2.45) is 0 Å². The fraction of sp³-hybridized carbons (Fsp3) is 0.125. The molecule has 0 radical (unpaired) electrons. The van der Waals surface area contributed by atoms with E-state index in [-0.39, 0.29) is 32.9 Å². The molecule has 1 atom stereocenters. The van der Waals surface area contributed by atoms with Crippen LogP contribution in [0.3, 0.4) is 0 Å². The van der Waals surface area contributed by atoms with Gasteiger partial charge >= 0.3 is 5.97 Å². The molecule has 32 heavy (non-hydrogen) atoms. The number of carbonyl (C=O) groups is 3. The van der Waals surface area contributed by atoms with Gasteiger partial charge in [0.2, 0.25) is 9.84 Å². The van der Waals surface area contributed by atoms with E-state index >= 15 is 0 Å². The van der Waals surface area contributed by atoms with Gasteiger partial charge in [-0.2, -0.15) is 0 Å². The molecular formula is C24H19NO6S. The van der Waals surface area contributed by atoms with E-state index in [1.54, 1.807) is 6.07 Å². The minimum Gasteiger partial charge on any atom is -0.467 e. The van der Waals surface area contributed by atoms with E-state index in [9.17, 15) is 22.8 Å². The number of fused-ring (bicyclic) bond motifs is 2. The monoisotopic (exact) mass is 449 g/mol. The smallest absolute Gasteiger partial charge is 0.328 e. The molecule has 0 aliphatic carbocycles. The molecule has 4 rings (SSSR count). The van der Waals surface area contributed by atoms with Gasteiger partial charge in [-0.05, 0) is 35.9 Å². The third kappa shape index (κ3) is 3.80. The summed E-state index contributed by atoms with van der Waals surface area (Å²) in [5, 5.41) is 2.60. The fourth-order valence-electron chi connectivity index (χ4n) is 3.65. The first-order chi connectivity index (χ1) is 15.3. The van der Waals surface area contributed by atoms with E-state index in [0.717, 1.165) is 5.56 Å². The maximum absolute atomic E-state index is 13.1. The summed E-state index contributed by atoms with van der Waals surface area (Å²) < 4.78 is 31.0. The van der Waals surface area contributed by atoms with Crippen LogP contribution >= 0.6 is 0 Å². The molecule has 0 fully saturated rings. The van der Waals surface area contributed by atoms with Gasteiger partial charge in [0.1, 0.15) is 6.04 Å². The normalized spacial score (nSPS) is 14.6. The summed E-state index contributed by atoms with van der Waals surface area (Å²) in [5.41, 5.74) is 0.944. The van der Waals surface area contributed by atoms with E-state index in [0.29, 0.717) is 0 Å². The number of nitrogens with one attached hydrogen (secondary N) is 1. The number of hydrogen-bond acceptors (Lipinski definition) is 6. The van der Waals surface area contributed by atoms with Crippen LogP contribution in [0.1, 0.15) is 31.8 Å². The lowest BCUT2D eigenvalue weighted by Crippen LogP contribution is -2.43. The fourth-order valence-corrected chi connectivity index (χ4v) is 5.33. The summed E-state index contributed by atoms with van der Waals surface area (Å²) in [6, 6.07) is 18.0. The second kappa shape index (κ2) is 8.39. The molecule has 7 nitrogen and oxygen atoms in total. The second-order valence-corrected chi connectivity index (χ2v) is 9.17. The summed E-state index contributed by atoms with van der Waals surface area (Å²) in [5.74, 6) is -1.70. The Morgan fingerprint density at radius 2 is 1.56 bits per heavy atom. The highest BCUT2D eigenvalue weighted by Crippen LogP contribution is 2.34. The minimum absolute atomic E-state index is 0.00838. The number of esters is 1. The van der Waals surface area contributed by atoms with Crippen LogP contribution in [0.2, 0.25) is 0 Å². The summed E-state index contributed by atoms with van der Waals surface area (Å²) in [6.07, 6.45) is 0.203. The average Bonchev–Trinajstić information content (AvgIpc) is 2.82. The highest BCUT2D eigenvalue weighted by molar-refractivity contribution is 7.91. The Balaban J connectivity index is 1.66. The Morgan fingerprint density at radius 3 is 2.28 bits per heavy atom. The zero-order valence-electron chi connectivity index (χ0n) is 17.1. The molecule has 0 unspecified atom stereocenters. The van der Waals surface area contributed by atoms with E-state index in [1.165, 1.54) is 43.5 Å². The third-order valence-electron chi connectivity index (χ3n) is 5.27. The van der Waals surface area contributed by atoms with E-state index < -0.39 is 33.5 Å². The Bertz CT molecular complexity index is 1330. The number of methoxy groups -OCH3 is 1. The lowest BCUT2D eigenvalue weighted by Gasteiger charge is -2.20. The molecule has 0 bridgehead atoms. The van der Waals surface area contributed by atoms with E-state index in [2.05, 4.69) is 5.32 Å². The van der Waals surface area contributed by atoms with Crippen LogP contribution < -0.4 is 5.32 Å². The molecule has 3 aromatic carbocycles. The maximum atomic E-state index is 13.1. The first-order valence-corrected chi connectivity index (χ1v) is 11.3. The lowest BCUT2D eigenvalue weighted by atomic mass is 10.0. The molecule has 0 aromatic heterocycles. The van der Waals surface area contributed by atoms with Gasteiger partial charge in [-0.3, -0.25) is 9.59 Å². The van der Waals surface area contributed by atoms with Crippen molar-refractivity contribution < 1.29 is 27.5 Å². The predicted molar refractivity (Wildman–Crippen MR) is 115 cm³/mol. The molecule has 0 saturated carbocycles. The summed E-state index contributed by atoms with van der Waals surface area (Å²) in [6.45, 7) is 0. The molecule has 8 heteroatoms. The van der Waals surface area contributed by atoms with Crippen LogP contribution in [-0.2, 0) is 25.8 Å². The first-order valence-electron chi connectivity index (χ1n) is 9.78. The molecule has 1 aliphatic rings. The molecule has 1 N–H and O–H groups in total. The number of carbonyl (C=O) groups excluding carboxylic acids is 3. The van der Waals surface area contributed by atoms with Gasteiger partial charge in [0.15, 0.2) is 5.78 Å². The van der Waals surface area contributed by atoms with Gasteiger partial charge in [0, 0.05) is 23.1 Å². The predicted octanol–water partition coefficient (Wildman–Crippen LogP) is 2.58. The van der Waals surface area contributed by atoms with Crippen molar-refractivity contribution in [2.45, 2.75) is 22.3 Å². The van der Waals surface area contributed by atoms with E-state index in [1.807, 2.05) is 30.3 Å². The number of benzene rings is 3. The van der Waals surface area contributed by atoms with Gasteiger partial charge in [0.05, 0.1) is 16.9 Å².